The Hall–Kier alpha value is -2.12. The minimum Gasteiger partial charge on any atom is -0.480 e. The lowest BCUT2D eigenvalue weighted by atomic mass is 9.93. The zero-order chi connectivity index (χ0) is 17.2. The standard InChI is InChI=1S/C15H23N3O5/c1-3-15(4-2)13(22)18(14(23)16-15)9-11(19)17-8-6-5-7-10(17)12(20)21/h10H,3-9H2,1-2H3,(H,16,23)(H,20,21). The van der Waals surface area contributed by atoms with E-state index in [9.17, 15) is 24.3 Å². The van der Waals surface area contributed by atoms with Crippen molar-refractivity contribution in [1.29, 1.82) is 0 Å². The third-order valence-corrected chi connectivity index (χ3v) is 4.85. The molecule has 2 aliphatic heterocycles. The zero-order valence-corrected chi connectivity index (χ0v) is 13.5. The van der Waals surface area contributed by atoms with Gasteiger partial charge in [-0.25, -0.2) is 9.59 Å². The Morgan fingerprint density at radius 2 is 1.91 bits per heavy atom. The second kappa shape index (κ2) is 6.55. The van der Waals surface area contributed by atoms with Crippen LogP contribution in [0.4, 0.5) is 4.79 Å². The second-order valence-electron chi connectivity index (χ2n) is 6.05. The summed E-state index contributed by atoms with van der Waals surface area (Å²) in [4.78, 5) is 50.4. The smallest absolute Gasteiger partial charge is 0.326 e. The number of piperidine rings is 1. The first kappa shape index (κ1) is 17.2. The molecule has 0 aliphatic carbocycles. The van der Waals surface area contributed by atoms with Gasteiger partial charge in [-0.15, -0.1) is 0 Å². The molecular formula is C15H23N3O5. The average Bonchev–Trinajstić information content (AvgIpc) is 2.79. The first-order valence-corrected chi connectivity index (χ1v) is 8.02. The van der Waals surface area contributed by atoms with Crippen LogP contribution < -0.4 is 5.32 Å². The summed E-state index contributed by atoms with van der Waals surface area (Å²) in [6.45, 7) is 3.54. The zero-order valence-electron chi connectivity index (χ0n) is 13.5. The highest BCUT2D eigenvalue weighted by molar-refractivity contribution is 6.09. The van der Waals surface area contributed by atoms with Gasteiger partial charge >= 0.3 is 12.0 Å². The van der Waals surface area contributed by atoms with E-state index < -0.39 is 41.9 Å². The van der Waals surface area contributed by atoms with Crippen molar-refractivity contribution in [2.45, 2.75) is 57.5 Å². The van der Waals surface area contributed by atoms with Gasteiger partial charge in [0.2, 0.25) is 5.91 Å². The normalized spacial score (nSPS) is 23.8. The number of likely N-dealkylation sites (tertiary alicyclic amines) is 1. The predicted octanol–water partition coefficient (Wildman–Crippen LogP) is 0.563. The van der Waals surface area contributed by atoms with E-state index in [1.807, 2.05) is 0 Å². The molecule has 1 atom stereocenters. The van der Waals surface area contributed by atoms with E-state index >= 15 is 0 Å². The van der Waals surface area contributed by atoms with Crippen molar-refractivity contribution in [2.75, 3.05) is 13.1 Å². The highest BCUT2D eigenvalue weighted by Crippen LogP contribution is 2.25. The fourth-order valence-corrected chi connectivity index (χ4v) is 3.26. The maximum atomic E-state index is 12.5. The van der Waals surface area contributed by atoms with Crippen molar-refractivity contribution in [3.8, 4) is 0 Å². The minimum atomic E-state index is -1.05. The van der Waals surface area contributed by atoms with Crippen molar-refractivity contribution in [3.05, 3.63) is 0 Å². The summed E-state index contributed by atoms with van der Waals surface area (Å²) in [6.07, 6.45) is 2.76. The van der Waals surface area contributed by atoms with Gasteiger partial charge in [0.25, 0.3) is 5.91 Å². The Labute approximate surface area is 134 Å². The molecule has 8 heteroatoms. The number of urea groups is 1. The number of carbonyl (C=O) groups is 4. The van der Waals surface area contributed by atoms with Crippen molar-refractivity contribution < 1.29 is 24.3 Å². The molecule has 0 saturated carbocycles. The molecule has 2 saturated heterocycles. The van der Waals surface area contributed by atoms with Crippen molar-refractivity contribution >= 4 is 23.8 Å². The van der Waals surface area contributed by atoms with E-state index in [4.69, 9.17) is 0 Å². The first-order valence-electron chi connectivity index (χ1n) is 8.02. The summed E-state index contributed by atoms with van der Waals surface area (Å²) in [5.41, 5.74) is -0.953. The van der Waals surface area contributed by atoms with E-state index in [1.54, 1.807) is 13.8 Å². The Bertz CT molecular complexity index is 529. The molecule has 2 aliphatic rings. The molecule has 8 nitrogen and oxygen atoms in total. The van der Waals surface area contributed by atoms with Crippen LogP contribution in [0.5, 0.6) is 0 Å². The third kappa shape index (κ3) is 3.02. The molecule has 23 heavy (non-hydrogen) atoms. The third-order valence-electron chi connectivity index (χ3n) is 4.85. The Morgan fingerprint density at radius 3 is 2.43 bits per heavy atom. The predicted molar refractivity (Wildman–Crippen MR) is 80.5 cm³/mol. The van der Waals surface area contributed by atoms with Crippen LogP contribution in [0, 0.1) is 0 Å². The molecule has 0 aromatic carbocycles. The SMILES string of the molecule is CCC1(CC)NC(=O)N(CC(=O)N2CCCCC2C(=O)O)C1=O. The largest absolute Gasteiger partial charge is 0.480 e. The van der Waals surface area contributed by atoms with Crippen LogP contribution in [-0.2, 0) is 14.4 Å². The van der Waals surface area contributed by atoms with Crippen LogP contribution in [0.2, 0.25) is 0 Å². The quantitative estimate of drug-likeness (QED) is 0.718. The van der Waals surface area contributed by atoms with Gasteiger partial charge in [0, 0.05) is 6.54 Å². The molecule has 128 valence electrons. The van der Waals surface area contributed by atoms with Crippen molar-refractivity contribution in [2.24, 2.45) is 0 Å². The van der Waals surface area contributed by atoms with Gasteiger partial charge in [0.15, 0.2) is 0 Å². The molecule has 0 aromatic heterocycles. The summed E-state index contributed by atoms with van der Waals surface area (Å²) in [6, 6.07) is -1.46. The first-order chi connectivity index (χ1) is 10.9. The lowest BCUT2D eigenvalue weighted by Crippen LogP contribution is -2.52. The minimum absolute atomic E-state index is 0.339. The molecule has 0 radical (unpaired) electrons. The fourth-order valence-electron chi connectivity index (χ4n) is 3.26. The Balaban J connectivity index is 2.12. The molecule has 1 unspecified atom stereocenters. The van der Waals surface area contributed by atoms with Gasteiger partial charge in [-0.3, -0.25) is 14.5 Å². The Kier molecular flexibility index (Phi) is 4.91. The van der Waals surface area contributed by atoms with E-state index in [0.29, 0.717) is 25.8 Å². The lowest BCUT2D eigenvalue weighted by Gasteiger charge is -2.33. The topological polar surface area (TPSA) is 107 Å². The van der Waals surface area contributed by atoms with Crippen LogP contribution in [0.15, 0.2) is 0 Å². The van der Waals surface area contributed by atoms with E-state index in [1.165, 1.54) is 4.90 Å². The lowest BCUT2D eigenvalue weighted by molar-refractivity contribution is -0.152. The summed E-state index contributed by atoms with van der Waals surface area (Å²) >= 11 is 0. The molecule has 2 heterocycles. The van der Waals surface area contributed by atoms with Crippen LogP contribution in [0.1, 0.15) is 46.0 Å². The summed E-state index contributed by atoms with van der Waals surface area (Å²) in [5, 5.41) is 11.9. The molecule has 2 N–H and O–H groups in total. The number of nitrogens with zero attached hydrogens (tertiary/aromatic N) is 2. The van der Waals surface area contributed by atoms with Crippen LogP contribution in [0.3, 0.4) is 0 Å². The highest BCUT2D eigenvalue weighted by atomic mass is 16.4. The molecule has 0 bridgehead atoms. The fraction of sp³-hybridized carbons (Fsp3) is 0.733. The van der Waals surface area contributed by atoms with Crippen LogP contribution in [0.25, 0.3) is 0 Å². The van der Waals surface area contributed by atoms with Crippen LogP contribution in [-0.4, -0.2) is 63.4 Å². The van der Waals surface area contributed by atoms with Crippen LogP contribution >= 0.6 is 0 Å². The summed E-state index contributed by atoms with van der Waals surface area (Å²) in [7, 11) is 0. The molecule has 4 amide bonds. The monoisotopic (exact) mass is 325 g/mol. The average molecular weight is 325 g/mol. The van der Waals surface area contributed by atoms with Gasteiger partial charge in [0.05, 0.1) is 0 Å². The molecule has 0 spiro atoms. The van der Waals surface area contributed by atoms with Gasteiger partial charge in [-0.1, -0.05) is 13.8 Å². The number of carboxylic acids is 1. The number of hydrogen-bond donors (Lipinski definition) is 2. The number of carboxylic acid groups (broad SMARTS) is 1. The van der Waals surface area contributed by atoms with E-state index in [-0.39, 0.29) is 0 Å². The number of amides is 4. The van der Waals surface area contributed by atoms with Crippen molar-refractivity contribution in [1.82, 2.24) is 15.1 Å². The highest BCUT2D eigenvalue weighted by Gasteiger charge is 2.49. The molecule has 2 fully saturated rings. The van der Waals surface area contributed by atoms with Gasteiger partial charge in [0.1, 0.15) is 18.1 Å². The number of imide groups is 1. The maximum Gasteiger partial charge on any atom is 0.326 e. The maximum absolute atomic E-state index is 12.5. The second-order valence-corrected chi connectivity index (χ2v) is 6.05. The molecule has 0 aromatic rings. The number of carbonyl (C=O) groups excluding carboxylic acids is 3. The van der Waals surface area contributed by atoms with Gasteiger partial charge in [-0.05, 0) is 32.1 Å². The number of hydrogen-bond acceptors (Lipinski definition) is 4. The number of rotatable bonds is 5. The van der Waals surface area contributed by atoms with Crippen molar-refractivity contribution in [3.63, 3.8) is 0 Å². The molecular weight excluding hydrogens is 302 g/mol. The van der Waals surface area contributed by atoms with E-state index in [2.05, 4.69) is 5.32 Å². The van der Waals surface area contributed by atoms with Gasteiger partial charge < -0.3 is 15.3 Å². The van der Waals surface area contributed by atoms with E-state index in [0.717, 1.165) is 17.7 Å². The Morgan fingerprint density at radius 1 is 1.26 bits per heavy atom. The summed E-state index contributed by atoms with van der Waals surface area (Å²) in [5.74, 6) is -1.96. The number of aliphatic carboxylic acids is 1. The molecule has 2 rings (SSSR count). The number of nitrogens with one attached hydrogen (secondary N) is 1. The van der Waals surface area contributed by atoms with Gasteiger partial charge in [-0.2, -0.15) is 0 Å². The summed E-state index contributed by atoms with van der Waals surface area (Å²) < 4.78 is 0.